The summed E-state index contributed by atoms with van der Waals surface area (Å²) in [7, 11) is 0. The Bertz CT molecular complexity index is 491. The van der Waals surface area contributed by atoms with Crippen LogP contribution in [-0.4, -0.2) is 21.4 Å². The number of alkyl halides is 5. The van der Waals surface area contributed by atoms with Crippen LogP contribution >= 0.6 is 0 Å². The second kappa shape index (κ2) is 5.30. The van der Waals surface area contributed by atoms with E-state index in [1.807, 2.05) is 0 Å². The number of aliphatic hydroxyl groups excluding tert-OH is 1. The molecule has 1 aromatic heterocycles. The van der Waals surface area contributed by atoms with Crippen molar-refractivity contribution in [2.75, 3.05) is 0 Å². The van der Waals surface area contributed by atoms with Gasteiger partial charge in [0.05, 0.1) is 6.61 Å². The summed E-state index contributed by atoms with van der Waals surface area (Å²) in [5.74, 6) is -2.88. The topological polar surface area (TPSA) is 85.5 Å². The minimum Gasteiger partial charge on any atom is -0.397 e. The molecule has 0 aliphatic rings. The van der Waals surface area contributed by atoms with Gasteiger partial charge in [-0.1, -0.05) is 0 Å². The first-order valence-corrected chi connectivity index (χ1v) is 4.48. The molecule has 0 radical (unpaired) electrons. The molecule has 6 nitrogen and oxygen atoms in total. The third kappa shape index (κ3) is 3.71. The zero-order valence-corrected chi connectivity index (χ0v) is 8.82. The average molecular weight is 288 g/mol. The molecular weight excluding hydrogens is 283 g/mol. The molecule has 0 saturated carbocycles. The number of halogens is 5. The number of nitro groups is 1. The number of ether oxygens (including phenoxy) is 1. The lowest BCUT2D eigenvalue weighted by Gasteiger charge is -2.10. The van der Waals surface area contributed by atoms with Crippen LogP contribution in [-0.2, 0) is 6.61 Å². The largest absolute Gasteiger partial charge is 0.573 e. The standard InChI is InChI=1S/C8H5F5N2O4/c9-6(10)5-3(2-16)1-4(19-8(11,12)13)7(14-5)15(17)18/h1,6,16H,2H2. The summed E-state index contributed by atoms with van der Waals surface area (Å²) in [6, 6.07) is 0.306. The van der Waals surface area contributed by atoms with Crippen molar-refractivity contribution in [2.24, 2.45) is 0 Å². The quantitative estimate of drug-likeness (QED) is 0.522. The summed E-state index contributed by atoms with van der Waals surface area (Å²) in [4.78, 5) is 11.9. The molecule has 1 heterocycles. The Hall–Kier alpha value is -2.04. The fourth-order valence-electron chi connectivity index (χ4n) is 1.18. The lowest BCUT2D eigenvalue weighted by atomic mass is 10.2. The lowest BCUT2D eigenvalue weighted by Crippen LogP contribution is -2.19. The highest BCUT2D eigenvalue weighted by atomic mass is 19.4. The van der Waals surface area contributed by atoms with Crippen LogP contribution in [0, 0.1) is 10.1 Å². The monoisotopic (exact) mass is 288 g/mol. The second-order valence-corrected chi connectivity index (χ2v) is 3.12. The van der Waals surface area contributed by atoms with E-state index in [-0.39, 0.29) is 0 Å². The molecule has 11 heteroatoms. The highest BCUT2D eigenvalue weighted by molar-refractivity contribution is 5.44. The predicted molar refractivity (Wildman–Crippen MR) is 48.5 cm³/mol. The Morgan fingerprint density at radius 1 is 1.47 bits per heavy atom. The number of rotatable bonds is 4. The van der Waals surface area contributed by atoms with Crippen LogP contribution in [0.1, 0.15) is 17.7 Å². The van der Waals surface area contributed by atoms with E-state index in [9.17, 15) is 32.1 Å². The fourth-order valence-corrected chi connectivity index (χ4v) is 1.18. The first kappa shape index (κ1) is 15.0. The summed E-state index contributed by atoms with van der Waals surface area (Å²) in [6.45, 7) is -1.07. The molecule has 0 unspecified atom stereocenters. The van der Waals surface area contributed by atoms with Crippen LogP contribution in [0.4, 0.5) is 27.8 Å². The normalized spacial score (nSPS) is 11.7. The van der Waals surface area contributed by atoms with Crippen molar-refractivity contribution in [1.29, 1.82) is 0 Å². The summed E-state index contributed by atoms with van der Waals surface area (Å²) < 4.78 is 64.2. The number of aliphatic hydroxyl groups is 1. The molecule has 0 aromatic carbocycles. The van der Waals surface area contributed by atoms with Crippen molar-refractivity contribution < 1.29 is 36.7 Å². The highest BCUT2D eigenvalue weighted by Crippen LogP contribution is 2.34. The third-order valence-electron chi connectivity index (χ3n) is 1.86. The molecular formula is C8H5F5N2O4. The Labute approximate surface area is 101 Å². The van der Waals surface area contributed by atoms with E-state index in [1.54, 1.807) is 0 Å². The van der Waals surface area contributed by atoms with Crippen LogP contribution in [0.5, 0.6) is 5.75 Å². The van der Waals surface area contributed by atoms with Gasteiger partial charge in [-0.25, -0.2) is 8.78 Å². The molecule has 0 amide bonds. The molecule has 106 valence electrons. The zero-order chi connectivity index (χ0) is 14.8. The van der Waals surface area contributed by atoms with Crippen molar-refractivity contribution >= 4 is 5.82 Å². The van der Waals surface area contributed by atoms with E-state index in [0.29, 0.717) is 6.07 Å². The van der Waals surface area contributed by atoms with Crippen molar-refractivity contribution in [2.45, 2.75) is 19.4 Å². The summed E-state index contributed by atoms with van der Waals surface area (Å²) in [6.07, 6.45) is -8.55. The second-order valence-electron chi connectivity index (χ2n) is 3.12. The fraction of sp³-hybridized carbons (Fsp3) is 0.375. The number of pyridine rings is 1. The molecule has 0 aliphatic carbocycles. The first-order valence-electron chi connectivity index (χ1n) is 4.48. The van der Waals surface area contributed by atoms with Crippen molar-refractivity contribution in [3.8, 4) is 5.75 Å². The maximum absolute atomic E-state index is 12.5. The van der Waals surface area contributed by atoms with Crippen LogP contribution in [0.3, 0.4) is 0 Å². The molecule has 0 fully saturated rings. The smallest absolute Gasteiger partial charge is 0.397 e. The summed E-state index contributed by atoms with van der Waals surface area (Å²) >= 11 is 0. The Kier molecular flexibility index (Phi) is 4.19. The maximum atomic E-state index is 12.5. The van der Waals surface area contributed by atoms with Gasteiger partial charge in [-0.2, -0.15) is 0 Å². The Morgan fingerprint density at radius 2 is 2.05 bits per heavy atom. The minimum absolute atomic E-state index is 0.306. The third-order valence-corrected chi connectivity index (χ3v) is 1.86. The van der Waals surface area contributed by atoms with Crippen LogP contribution in [0.25, 0.3) is 0 Å². The molecule has 0 saturated heterocycles. The van der Waals surface area contributed by atoms with E-state index < -0.39 is 47.1 Å². The van der Waals surface area contributed by atoms with Gasteiger partial charge in [0.25, 0.3) is 0 Å². The summed E-state index contributed by atoms with van der Waals surface area (Å²) in [5, 5.41) is 19.2. The van der Waals surface area contributed by atoms with E-state index in [0.717, 1.165) is 0 Å². The molecule has 19 heavy (non-hydrogen) atoms. The number of hydrogen-bond donors (Lipinski definition) is 1. The molecule has 0 atom stereocenters. The van der Waals surface area contributed by atoms with Gasteiger partial charge in [-0.15, -0.1) is 13.2 Å². The molecule has 1 aromatic rings. The molecule has 1 N–H and O–H groups in total. The Morgan fingerprint density at radius 3 is 2.42 bits per heavy atom. The van der Waals surface area contributed by atoms with Crippen LogP contribution in [0.2, 0.25) is 0 Å². The molecule has 0 spiro atoms. The first-order chi connectivity index (χ1) is 8.65. The van der Waals surface area contributed by atoms with Gasteiger partial charge in [0.2, 0.25) is 11.4 Å². The Balaban J connectivity index is 3.40. The van der Waals surface area contributed by atoms with Gasteiger partial charge in [0.15, 0.2) is 0 Å². The van der Waals surface area contributed by atoms with Gasteiger partial charge in [0.1, 0.15) is 0 Å². The van der Waals surface area contributed by atoms with Crippen molar-refractivity contribution in [1.82, 2.24) is 4.98 Å². The average Bonchev–Trinajstić information content (AvgIpc) is 2.25. The number of hydrogen-bond acceptors (Lipinski definition) is 5. The minimum atomic E-state index is -5.26. The summed E-state index contributed by atoms with van der Waals surface area (Å²) in [5.41, 5.74) is -1.87. The van der Waals surface area contributed by atoms with E-state index in [4.69, 9.17) is 5.11 Å². The number of aromatic nitrogens is 1. The lowest BCUT2D eigenvalue weighted by molar-refractivity contribution is -0.393. The van der Waals surface area contributed by atoms with Gasteiger partial charge < -0.3 is 20.0 Å². The molecule has 0 bridgehead atoms. The van der Waals surface area contributed by atoms with Crippen molar-refractivity contribution in [3.63, 3.8) is 0 Å². The zero-order valence-electron chi connectivity index (χ0n) is 8.82. The predicted octanol–water partition coefficient (Wildman–Crippen LogP) is 2.32. The van der Waals surface area contributed by atoms with Crippen molar-refractivity contribution in [3.05, 3.63) is 27.4 Å². The van der Waals surface area contributed by atoms with E-state index >= 15 is 0 Å². The maximum Gasteiger partial charge on any atom is 0.573 e. The molecule has 0 aliphatic heterocycles. The molecule has 1 rings (SSSR count). The van der Waals surface area contributed by atoms with E-state index in [1.165, 1.54) is 0 Å². The SMILES string of the molecule is O=[N+]([O-])c1nc(C(F)F)c(CO)cc1OC(F)(F)F. The van der Waals surface area contributed by atoms with Gasteiger partial charge in [0, 0.05) is 5.56 Å². The van der Waals surface area contributed by atoms with Crippen LogP contribution < -0.4 is 4.74 Å². The number of nitrogens with zero attached hydrogens (tertiary/aromatic N) is 2. The highest BCUT2D eigenvalue weighted by Gasteiger charge is 2.37. The van der Waals surface area contributed by atoms with Gasteiger partial charge in [-0.3, -0.25) is 0 Å². The van der Waals surface area contributed by atoms with E-state index in [2.05, 4.69) is 9.72 Å². The van der Waals surface area contributed by atoms with Gasteiger partial charge >= 0.3 is 18.6 Å². The van der Waals surface area contributed by atoms with Crippen LogP contribution in [0.15, 0.2) is 6.07 Å². The van der Waals surface area contributed by atoms with Gasteiger partial charge in [-0.05, 0) is 16.0 Å².